The second-order valence-electron chi connectivity index (χ2n) is 5.30. The van der Waals surface area contributed by atoms with Gasteiger partial charge in [-0.3, -0.25) is 9.97 Å². The first kappa shape index (κ1) is 13.7. The number of benzene rings is 2. The number of rotatable bonds is 3. The molecule has 2 aromatic carbocycles. The van der Waals surface area contributed by atoms with Gasteiger partial charge in [-0.2, -0.15) is 0 Å². The van der Waals surface area contributed by atoms with E-state index in [4.69, 9.17) is 0 Å². The van der Waals surface area contributed by atoms with Crippen LogP contribution in [0.5, 0.6) is 0 Å². The predicted molar refractivity (Wildman–Crippen MR) is 88.0 cm³/mol. The van der Waals surface area contributed by atoms with Gasteiger partial charge in [-0.15, -0.1) is 0 Å². The van der Waals surface area contributed by atoms with Crippen LogP contribution in [0.2, 0.25) is 0 Å². The Morgan fingerprint density at radius 2 is 1.13 bits per heavy atom. The molecular formula is C18H14N4O. The third-order valence-electron chi connectivity index (χ3n) is 3.83. The molecule has 4 aromatic rings. The monoisotopic (exact) mass is 302 g/mol. The average Bonchev–Trinajstić information content (AvgIpc) is 2.62. The Morgan fingerprint density at radius 3 is 1.57 bits per heavy atom. The van der Waals surface area contributed by atoms with Gasteiger partial charge in [-0.25, -0.2) is 9.97 Å². The van der Waals surface area contributed by atoms with Gasteiger partial charge in [0.05, 0.1) is 46.0 Å². The van der Waals surface area contributed by atoms with E-state index >= 15 is 0 Å². The van der Waals surface area contributed by atoms with E-state index < -0.39 is 0 Å². The molecule has 0 aliphatic rings. The predicted octanol–water partition coefficient (Wildman–Crippen LogP) is 2.70. The van der Waals surface area contributed by atoms with Crippen LogP contribution in [0.25, 0.3) is 22.1 Å². The Balaban J connectivity index is 1.81. The van der Waals surface area contributed by atoms with Gasteiger partial charge in [0.2, 0.25) is 0 Å². The molecule has 2 aromatic heterocycles. The Kier molecular flexibility index (Phi) is 3.40. The number of hydrogen-bond acceptors (Lipinski definition) is 5. The summed E-state index contributed by atoms with van der Waals surface area (Å²) in [4.78, 5) is 18.1. The number of nitrogens with zero attached hydrogens (tertiary/aromatic N) is 4. The molecule has 4 rings (SSSR count). The van der Waals surface area contributed by atoms with E-state index in [0.717, 1.165) is 22.1 Å². The lowest BCUT2D eigenvalue weighted by Crippen LogP contribution is -2.11. The minimum absolute atomic E-state index is 0.0972. The highest BCUT2D eigenvalue weighted by Gasteiger charge is 2.18. The third-order valence-corrected chi connectivity index (χ3v) is 3.83. The van der Waals surface area contributed by atoms with Crippen LogP contribution in [0.3, 0.4) is 0 Å². The maximum atomic E-state index is 9.84. The summed E-state index contributed by atoms with van der Waals surface area (Å²) in [6.45, 7) is -0.0972. The maximum Gasteiger partial charge on any atom is 0.0890 e. The van der Waals surface area contributed by atoms with Gasteiger partial charge in [0.15, 0.2) is 0 Å². The summed E-state index contributed by atoms with van der Waals surface area (Å²) in [6.07, 6.45) is 3.39. The van der Waals surface area contributed by atoms with Gasteiger partial charge >= 0.3 is 0 Å². The Hall–Kier alpha value is -2.92. The number of hydrogen-bond donors (Lipinski definition) is 1. The van der Waals surface area contributed by atoms with Crippen LogP contribution in [0, 0.1) is 0 Å². The number of para-hydroxylation sites is 4. The van der Waals surface area contributed by atoms with Crippen LogP contribution in [-0.4, -0.2) is 31.6 Å². The fraction of sp³-hybridized carbons (Fsp3) is 0.111. The first-order valence-corrected chi connectivity index (χ1v) is 7.39. The van der Waals surface area contributed by atoms with E-state index in [-0.39, 0.29) is 12.5 Å². The first-order chi connectivity index (χ1) is 11.3. The standard InChI is InChI=1S/C18H14N4O/c23-11-12(17-9-19-13-5-1-3-7-15(13)21-17)18-10-20-14-6-2-4-8-16(14)22-18/h1-10,12,23H,11H2. The van der Waals surface area contributed by atoms with E-state index in [2.05, 4.69) is 19.9 Å². The van der Waals surface area contributed by atoms with Crippen molar-refractivity contribution in [3.63, 3.8) is 0 Å². The summed E-state index contributed by atoms with van der Waals surface area (Å²) in [5, 5.41) is 9.84. The Bertz CT molecular complexity index is 907. The van der Waals surface area contributed by atoms with Crippen LogP contribution in [0.1, 0.15) is 17.3 Å². The molecule has 0 atom stereocenters. The first-order valence-electron chi connectivity index (χ1n) is 7.39. The van der Waals surface area contributed by atoms with E-state index in [9.17, 15) is 5.11 Å². The van der Waals surface area contributed by atoms with Crippen molar-refractivity contribution in [3.8, 4) is 0 Å². The normalized spacial score (nSPS) is 11.4. The molecule has 0 unspecified atom stereocenters. The van der Waals surface area contributed by atoms with Gasteiger partial charge in [0, 0.05) is 12.4 Å². The summed E-state index contributed by atoms with van der Waals surface area (Å²) in [7, 11) is 0. The number of aliphatic hydroxyl groups is 1. The molecule has 0 spiro atoms. The summed E-state index contributed by atoms with van der Waals surface area (Å²) >= 11 is 0. The van der Waals surface area contributed by atoms with E-state index in [1.54, 1.807) is 12.4 Å². The minimum Gasteiger partial charge on any atom is -0.395 e. The average molecular weight is 302 g/mol. The zero-order valence-corrected chi connectivity index (χ0v) is 12.3. The van der Waals surface area contributed by atoms with Crippen molar-refractivity contribution < 1.29 is 5.11 Å². The molecule has 0 aliphatic carbocycles. The molecule has 5 nitrogen and oxygen atoms in total. The lowest BCUT2D eigenvalue weighted by atomic mass is 10.0. The molecule has 0 bridgehead atoms. The quantitative estimate of drug-likeness (QED) is 0.630. The van der Waals surface area contributed by atoms with Crippen molar-refractivity contribution in [3.05, 3.63) is 72.3 Å². The molecule has 112 valence electrons. The second-order valence-corrected chi connectivity index (χ2v) is 5.30. The molecule has 1 N–H and O–H groups in total. The Labute approximate surface area is 132 Å². The van der Waals surface area contributed by atoms with Gasteiger partial charge < -0.3 is 5.11 Å². The largest absolute Gasteiger partial charge is 0.395 e. The molecule has 0 saturated heterocycles. The number of fused-ring (bicyclic) bond motifs is 2. The minimum atomic E-state index is -0.343. The highest BCUT2D eigenvalue weighted by Crippen LogP contribution is 2.23. The molecular weight excluding hydrogens is 288 g/mol. The molecule has 0 saturated carbocycles. The van der Waals surface area contributed by atoms with Gasteiger partial charge in [0.1, 0.15) is 0 Å². The molecule has 2 heterocycles. The van der Waals surface area contributed by atoms with Crippen LogP contribution >= 0.6 is 0 Å². The van der Waals surface area contributed by atoms with Crippen molar-refractivity contribution >= 4 is 22.1 Å². The lowest BCUT2D eigenvalue weighted by Gasteiger charge is -2.13. The van der Waals surface area contributed by atoms with Crippen LogP contribution in [-0.2, 0) is 0 Å². The zero-order chi connectivity index (χ0) is 15.6. The van der Waals surface area contributed by atoms with Crippen molar-refractivity contribution in [2.45, 2.75) is 5.92 Å². The van der Waals surface area contributed by atoms with Crippen molar-refractivity contribution in [1.29, 1.82) is 0 Å². The molecule has 0 aliphatic heterocycles. The van der Waals surface area contributed by atoms with E-state index in [0.29, 0.717) is 11.4 Å². The lowest BCUT2D eigenvalue weighted by molar-refractivity contribution is 0.277. The topological polar surface area (TPSA) is 71.8 Å². The third kappa shape index (κ3) is 2.51. The maximum absolute atomic E-state index is 9.84. The molecule has 0 fully saturated rings. The van der Waals surface area contributed by atoms with Crippen molar-refractivity contribution in [1.82, 2.24) is 19.9 Å². The molecule has 23 heavy (non-hydrogen) atoms. The molecule has 5 heteroatoms. The second kappa shape index (κ2) is 5.70. The number of aromatic nitrogens is 4. The fourth-order valence-electron chi connectivity index (χ4n) is 2.62. The van der Waals surface area contributed by atoms with Gasteiger partial charge in [-0.05, 0) is 24.3 Å². The van der Waals surface area contributed by atoms with Crippen LogP contribution in [0.15, 0.2) is 60.9 Å². The zero-order valence-electron chi connectivity index (χ0n) is 12.3. The van der Waals surface area contributed by atoms with E-state index in [1.807, 2.05) is 48.5 Å². The summed E-state index contributed by atoms with van der Waals surface area (Å²) < 4.78 is 0. The van der Waals surface area contributed by atoms with E-state index in [1.165, 1.54) is 0 Å². The Morgan fingerprint density at radius 1 is 0.696 bits per heavy atom. The van der Waals surface area contributed by atoms with Gasteiger partial charge in [0.25, 0.3) is 0 Å². The van der Waals surface area contributed by atoms with Crippen molar-refractivity contribution in [2.75, 3.05) is 6.61 Å². The highest BCUT2D eigenvalue weighted by molar-refractivity contribution is 5.74. The highest BCUT2D eigenvalue weighted by atomic mass is 16.3. The molecule has 0 radical (unpaired) electrons. The summed E-state index contributed by atoms with van der Waals surface area (Å²) in [6, 6.07) is 15.3. The smallest absolute Gasteiger partial charge is 0.0890 e. The SMILES string of the molecule is OCC(c1cnc2ccccc2n1)c1cnc2ccccc2n1. The summed E-state index contributed by atoms with van der Waals surface area (Å²) in [5.74, 6) is -0.343. The molecule has 0 amide bonds. The summed E-state index contributed by atoms with van der Waals surface area (Å²) in [5.41, 5.74) is 4.65. The van der Waals surface area contributed by atoms with Crippen LogP contribution in [0.4, 0.5) is 0 Å². The number of aliphatic hydroxyl groups excluding tert-OH is 1. The fourth-order valence-corrected chi connectivity index (χ4v) is 2.62. The van der Waals surface area contributed by atoms with Gasteiger partial charge in [-0.1, -0.05) is 24.3 Å². The van der Waals surface area contributed by atoms with Crippen molar-refractivity contribution in [2.24, 2.45) is 0 Å². The van der Waals surface area contributed by atoms with Crippen LogP contribution < -0.4 is 0 Å².